The van der Waals surface area contributed by atoms with E-state index < -0.39 is 0 Å². The van der Waals surface area contributed by atoms with E-state index in [9.17, 15) is 0 Å². The Morgan fingerprint density at radius 2 is 2.00 bits per heavy atom. The minimum atomic E-state index is 0.163. The maximum absolute atomic E-state index is 4.64. The fraction of sp³-hybridized carbons (Fsp3) is 0.562. The van der Waals surface area contributed by atoms with Gasteiger partial charge in [-0.2, -0.15) is 0 Å². The van der Waals surface area contributed by atoms with Gasteiger partial charge in [0.2, 0.25) is 0 Å². The molecule has 110 valence electrons. The maximum Gasteiger partial charge on any atom is 0.166 e. The van der Waals surface area contributed by atoms with Crippen molar-refractivity contribution in [2.24, 2.45) is 0 Å². The summed E-state index contributed by atoms with van der Waals surface area (Å²) in [7, 11) is 0. The molecule has 0 saturated carbocycles. The van der Waals surface area contributed by atoms with Crippen LogP contribution in [0.25, 0.3) is 10.2 Å². The van der Waals surface area contributed by atoms with Crippen molar-refractivity contribution in [1.29, 1.82) is 0 Å². The second-order valence-corrected chi connectivity index (χ2v) is 7.93. The third-order valence-corrected chi connectivity index (χ3v) is 5.60. The highest BCUT2D eigenvalue weighted by Crippen LogP contribution is 2.29. The number of thiazole rings is 1. The number of nitrogens with zero attached hydrogens (tertiary/aromatic N) is 1. The predicted octanol–water partition coefficient (Wildman–Crippen LogP) is 5.64. The molecule has 0 unspecified atom stereocenters. The number of nitrogens with one attached hydrogen (secondary N) is 1. The lowest BCUT2D eigenvalue weighted by atomic mass is 9.98. The number of rotatable bonds is 8. The predicted molar refractivity (Wildman–Crippen MR) is 91.5 cm³/mol. The minimum Gasteiger partial charge on any atom is -0.252 e. The third-order valence-electron chi connectivity index (χ3n) is 3.34. The van der Waals surface area contributed by atoms with E-state index in [0.717, 1.165) is 9.86 Å². The summed E-state index contributed by atoms with van der Waals surface area (Å²) in [4.78, 5) is 4.64. The van der Waals surface area contributed by atoms with Gasteiger partial charge in [-0.3, -0.25) is 4.72 Å². The van der Waals surface area contributed by atoms with Gasteiger partial charge in [-0.1, -0.05) is 44.7 Å². The van der Waals surface area contributed by atoms with Crippen LogP contribution in [0.3, 0.4) is 0 Å². The summed E-state index contributed by atoms with van der Waals surface area (Å²) < 4.78 is 5.94. The Morgan fingerprint density at radius 3 is 2.75 bits per heavy atom. The number of hydrogen-bond acceptors (Lipinski definition) is 4. The highest BCUT2D eigenvalue weighted by Gasteiger charge is 2.17. The summed E-state index contributed by atoms with van der Waals surface area (Å²) >= 11 is 3.43. The molecule has 0 saturated heterocycles. The average molecular weight is 309 g/mol. The third kappa shape index (κ3) is 4.76. The van der Waals surface area contributed by atoms with Crippen LogP contribution in [0.1, 0.15) is 52.9 Å². The molecule has 2 aromatic rings. The highest BCUT2D eigenvalue weighted by atomic mass is 32.2. The topological polar surface area (TPSA) is 24.9 Å². The van der Waals surface area contributed by atoms with Crippen LogP contribution in [0.2, 0.25) is 0 Å². The lowest BCUT2D eigenvalue weighted by molar-refractivity contribution is 0.417. The van der Waals surface area contributed by atoms with E-state index in [1.807, 2.05) is 6.07 Å². The van der Waals surface area contributed by atoms with Crippen LogP contribution in [-0.4, -0.2) is 10.5 Å². The quantitative estimate of drug-likeness (QED) is 0.504. The average Bonchev–Trinajstić information content (AvgIpc) is 2.84. The van der Waals surface area contributed by atoms with Crippen molar-refractivity contribution in [3.63, 3.8) is 0 Å². The van der Waals surface area contributed by atoms with E-state index in [1.165, 1.54) is 36.8 Å². The summed E-state index contributed by atoms with van der Waals surface area (Å²) in [6, 6.07) is 8.32. The van der Waals surface area contributed by atoms with Crippen LogP contribution in [-0.2, 0) is 0 Å². The van der Waals surface area contributed by atoms with Crippen molar-refractivity contribution in [3.05, 3.63) is 24.3 Å². The van der Waals surface area contributed by atoms with Gasteiger partial charge >= 0.3 is 0 Å². The van der Waals surface area contributed by atoms with Crippen molar-refractivity contribution >= 4 is 33.5 Å². The van der Waals surface area contributed by atoms with Crippen LogP contribution >= 0.6 is 23.3 Å². The Morgan fingerprint density at radius 1 is 1.20 bits per heavy atom. The highest BCUT2D eigenvalue weighted by molar-refractivity contribution is 7.99. The molecule has 0 radical (unpaired) electrons. The van der Waals surface area contributed by atoms with Crippen LogP contribution in [0.5, 0.6) is 0 Å². The molecule has 2 rings (SSSR count). The first kappa shape index (κ1) is 15.8. The van der Waals surface area contributed by atoms with E-state index in [0.29, 0.717) is 0 Å². The molecule has 1 aromatic heterocycles. The zero-order valence-corrected chi connectivity index (χ0v) is 14.2. The molecule has 1 N–H and O–H groups in total. The Balaban J connectivity index is 1.83. The lowest BCUT2D eigenvalue weighted by Crippen LogP contribution is -2.34. The van der Waals surface area contributed by atoms with E-state index in [4.69, 9.17) is 0 Å². The molecule has 1 aromatic carbocycles. The lowest BCUT2D eigenvalue weighted by Gasteiger charge is -2.24. The second kappa shape index (κ2) is 7.43. The summed E-state index contributed by atoms with van der Waals surface area (Å²) in [5.74, 6) is 0. The van der Waals surface area contributed by atoms with Gasteiger partial charge in [0, 0.05) is 5.54 Å². The smallest absolute Gasteiger partial charge is 0.166 e. The molecule has 0 aliphatic heterocycles. The van der Waals surface area contributed by atoms with E-state index in [2.05, 4.69) is 48.7 Å². The summed E-state index contributed by atoms with van der Waals surface area (Å²) in [6.07, 6.45) is 6.50. The zero-order chi connectivity index (χ0) is 14.4. The van der Waals surface area contributed by atoms with Gasteiger partial charge in [-0.25, -0.2) is 4.98 Å². The van der Waals surface area contributed by atoms with Gasteiger partial charge in [0.15, 0.2) is 4.34 Å². The normalized spacial score (nSPS) is 12.2. The molecule has 0 amide bonds. The molecule has 1 heterocycles. The maximum atomic E-state index is 4.64. The van der Waals surface area contributed by atoms with Gasteiger partial charge in [-0.05, 0) is 44.3 Å². The Labute approximate surface area is 130 Å². The zero-order valence-electron chi connectivity index (χ0n) is 12.6. The van der Waals surface area contributed by atoms with Gasteiger partial charge in [0.1, 0.15) is 0 Å². The van der Waals surface area contributed by atoms with Crippen molar-refractivity contribution in [2.75, 3.05) is 0 Å². The minimum absolute atomic E-state index is 0.163. The molecule has 0 bridgehead atoms. The van der Waals surface area contributed by atoms with Crippen molar-refractivity contribution < 1.29 is 0 Å². The molecule has 4 heteroatoms. The number of benzene rings is 1. The van der Waals surface area contributed by atoms with Crippen molar-refractivity contribution in [2.45, 2.75) is 62.8 Å². The molecule has 0 atom stereocenters. The number of fused-ring (bicyclic) bond motifs is 1. The van der Waals surface area contributed by atoms with Crippen LogP contribution < -0.4 is 4.72 Å². The first-order valence-corrected chi connectivity index (χ1v) is 9.03. The molecule has 0 aliphatic rings. The largest absolute Gasteiger partial charge is 0.252 e. The Hall–Kier alpha value is -0.580. The monoisotopic (exact) mass is 308 g/mol. The van der Waals surface area contributed by atoms with Crippen LogP contribution in [0.15, 0.2) is 28.6 Å². The number of unbranched alkanes of at least 4 members (excludes halogenated alkanes) is 3. The number of para-hydroxylation sites is 1. The number of hydrogen-bond donors (Lipinski definition) is 1. The molecule has 2 nitrogen and oxygen atoms in total. The fourth-order valence-electron chi connectivity index (χ4n) is 2.12. The van der Waals surface area contributed by atoms with Crippen molar-refractivity contribution in [1.82, 2.24) is 9.71 Å². The Kier molecular flexibility index (Phi) is 5.87. The Bertz CT molecular complexity index is 501. The molecular weight excluding hydrogens is 284 g/mol. The van der Waals surface area contributed by atoms with Crippen LogP contribution in [0.4, 0.5) is 0 Å². The fourth-order valence-corrected chi connectivity index (χ4v) is 3.99. The van der Waals surface area contributed by atoms with E-state index >= 15 is 0 Å². The van der Waals surface area contributed by atoms with Crippen LogP contribution in [0, 0.1) is 0 Å². The van der Waals surface area contributed by atoms with Gasteiger partial charge < -0.3 is 0 Å². The van der Waals surface area contributed by atoms with E-state index in [-0.39, 0.29) is 5.54 Å². The van der Waals surface area contributed by atoms with Crippen molar-refractivity contribution in [3.8, 4) is 0 Å². The molecule has 0 fully saturated rings. The molecule has 0 spiro atoms. The van der Waals surface area contributed by atoms with Gasteiger partial charge in [0.05, 0.1) is 10.2 Å². The summed E-state index contributed by atoms with van der Waals surface area (Å²) in [6.45, 7) is 6.81. The second-order valence-electron chi connectivity index (χ2n) is 5.85. The van der Waals surface area contributed by atoms with E-state index in [1.54, 1.807) is 23.3 Å². The molecule has 20 heavy (non-hydrogen) atoms. The summed E-state index contributed by atoms with van der Waals surface area (Å²) in [5.41, 5.74) is 1.26. The summed E-state index contributed by atoms with van der Waals surface area (Å²) in [5, 5.41) is 0. The standard InChI is InChI=1S/C16H24N2S2/c1-4-5-6-9-12-16(2,3)18-20-15-17-13-10-7-8-11-14(13)19-15/h7-8,10-11,18H,4-6,9,12H2,1-3H3. The van der Waals surface area contributed by atoms with Gasteiger partial charge in [0.25, 0.3) is 0 Å². The number of aromatic nitrogens is 1. The SMILES string of the molecule is CCCCCCC(C)(C)NSc1nc2ccccc2s1. The molecule has 0 aliphatic carbocycles. The first-order chi connectivity index (χ1) is 9.61. The molecular formula is C16H24N2S2. The first-order valence-electron chi connectivity index (χ1n) is 7.40. The van der Waals surface area contributed by atoms with Gasteiger partial charge in [-0.15, -0.1) is 11.3 Å².